The molecule has 1 aliphatic heterocycles. The molecular weight excluding hydrogens is 406 g/mol. The van der Waals surface area contributed by atoms with Gasteiger partial charge in [-0.15, -0.1) is 0 Å². The van der Waals surface area contributed by atoms with Gasteiger partial charge in [0, 0.05) is 36.3 Å². The number of amides is 1. The molecule has 0 aliphatic carbocycles. The molecule has 8 nitrogen and oxygen atoms in total. The Labute approximate surface area is 186 Å². The Morgan fingerprint density at radius 2 is 1.66 bits per heavy atom. The summed E-state index contributed by atoms with van der Waals surface area (Å²) in [4.78, 5) is 22.0. The molecule has 32 heavy (non-hydrogen) atoms. The highest BCUT2D eigenvalue weighted by Gasteiger charge is 2.11. The van der Waals surface area contributed by atoms with Crippen molar-refractivity contribution in [2.75, 3.05) is 32.0 Å². The number of carbonyl (C=O) groups is 1. The molecular formula is C24H23N5O3. The van der Waals surface area contributed by atoms with Crippen molar-refractivity contribution in [3.8, 4) is 23.1 Å². The maximum absolute atomic E-state index is 11.6. The van der Waals surface area contributed by atoms with Crippen molar-refractivity contribution in [3.63, 3.8) is 0 Å². The second-order valence-corrected chi connectivity index (χ2v) is 7.35. The minimum absolute atomic E-state index is 0.0177. The number of carbonyl (C=O) groups excluding carboxylic acids is 1. The van der Waals surface area contributed by atoms with Crippen LogP contribution in [0.5, 0.6) is 0 Å². The van der Waals surface area contributed by atoms with Crippen LogP contribution in [-0.2, 0) is 11.3 Å². The lowest BCUT2D eigenvalue weighted by molar-refractivity contribution is 0.0342. The van der Waals surface area contributed by atoms with E-state index in [0.717, 1.165) is 49.5 Å². The molecule has 4 N–H and O–H groups in total. The van der Waals surface area contributed by atoms with Crippen LogP contribution in [0.4, 0.5) is 5.95 Å². The Bertz CT molecular complexity index is 1140. The summed E-state index contributed by atoms with van der Waals surface area (Å²) in [6, 6.07) is 17.2. The van der Waals surface area contributed by atoms with E-state index in [0.29, 0.717) is 5.69 Å². The normalized spacial score (nSPS) is 13.8. The molecule has 162 valence electrons. The Balaban J connectivity index is 1.43. The van der Waals surface area contributed by atoms with Crippen molar-refractivity contribution < 1.29 is 14.7 Å². The van der Waals surface area contributed by atoms with Crippen molar-refractivity contribution in [2.24, 2.45) is 0 Å². The van der Waals surface area contributed by atoms with Gasteiger partial charge in [-0.05, 0) is 35.9 Å². The number of hydrogen-bond donors (Lipinski definition) is 3. The summed E-state index contributed by atoms with van der Waals surface area (Å²) in [6.45, 7) is 4.45. The van der Waals surface area contributed by atoms with Crippen LogP contribution in [0, 0.1) is 11.8 Å². The minimum atomic E-state index is -0.751. The Hall–Kier alpha value is -3.77. The molecule has 4 rings (SSSR count). The first kappa shape index (κ1) is 21.5. The standard InChI is InChI=1S/C24H23N5O3/c25-24-26-21(15-22(27-24)23(30)28-31)20-9-7-18(8-10-20)2-1-17-3-5-19(6-4-17)16-29-11-13-32-14-12-29/h3-10,15,31H,11-14,16H2,(H,28,30)(H2,25,26,27). The fraction of sp³-hybridized carbons (Fsp3) is 0.208. The third-order valence-corrected chi connectivity index (χ3v) is 5.07. The molecule has 2 aromatic carbocycles. The van der Waals surface area contributed by atoms with Gasteiger partial charge in [-0.2, -0.15) is 0 Å². The van der Waals surface area contributed by atoms with Gasteiger partial charge < -0.3 is 10.5 Å². The number of hydrogen-bond acceptors (Lipinski definition) is 7. The Kier molecular flexibility index (Phi) is 6.72. The van der Waals surface area contributed by atoms with E-state index in [-0.39, 0.29) is 11.6 Å². The molecule has 0 saturated carbocycles. The molecule has 8 heteroatoms. The largest absolute Gasteiger partial charge is 0.379 e. The van der Waals surface area contributed by atoms with Crippen molar-refractivity contribution in [1.82, 2.24) is 20.3 Å². The lowest BCUT2D eigenvalue weighted by Gasteiger charge is -2.26. The minimum Gasteiger partial charge on any atom is -0.379 e. The molecule has 1 aromatic heterocycles. The van der Waals surface area contributed by atoms with Crippen molar-refractivity contribution in [3.05, 3.63) is 77.0 Å². The van der Waals surface area contributed by atoms with Crippen LogP contribution < -0.4 is 11.2 Å². The smallest absolute Gasteiger partial charge is 0.293 e. The summed E-state index contributed by atoms with van der Waals surface area (Å²) in [5.41, 5.74) is 11.5. The summed E-state index contributed by atoms with van der Waals surface area (Å²) >= 11 is 0. The van der Waals surface area contributed by atoms with E-state index in [1.165, 1.54) is 11.6 Å². The molecule has 1 saturated heterocycles. The molecule has 1 aliphatic rings. The van der Waals surface area contributed by atoms with Crippen LogP contribution in [-0.4, -0.2) is 52.3 Å². The van der Waals surface area contributed by atoms with Gasteiger partial charge in [0.05, 0.1) is 18.9 Å². The fourth-order valence-corrected chi connectivity index (χ4v) is 3.37. The van der Waals surface area contributed by atoms with E-state index in [1.807, 2.05) is 36.4 Å². The van der Waals surface area contributed by atoms with Gasteiger partial charge in [0.15, 0.2) is 0 Å². The number of nitrogen functional groups attached to an aromatic ring is 1. The highest BCUT2D eigenvalue weighted by atomic mass is 16.5. The zero-order valence-corrected chi connectivity index (χ0v) is 17.4. The molecule has 2 heterocycles. The third-order valence-electron chi connectivity index (χ3n) is 5.07. The number of anilines is 1. The van der Waals surface area contributed by atoms with Crippen LogP contribution in [0.2, 0.25) is 0 Å². The predicted octanol–water partition coefficient (Wildman–Crippen LogP) is 2.08. The molecule has 0 spiro atoms. The highest BCUT2D eigenvalue weighted by Crippen LogP contribution is 2.19. The quantitative estimate of drug-likeness (QED) is 0.331. The van der Waals surface area contributed by atoms with Gasteiger partial charge in [-0.25, -0.2) is 15.4 Å². The molecule has 1 fully saturated rings. The number of aromatic nitrogens is 2. The van der Waals surface area contributed by atoms with Gasteiger partial charge in [0.2, 0.25) is 5.95 Å². The number of hydroxylamine groups is 1. The van der Waals surface area contributed by atoms with E-state index in [1.54, 1.807) is 5.48 Å². The lowest BCUT2D eigenvalue weighted by atomic mass is 10.1. The number of nitrogens with two attached hydrogens (primary N) is 1. The predicted molar refractivity (Wildman–Crippen MR) is 120 cm³/mol. The van der Waals surface area contributed by atoms with Crippen LogP contribution in [0.25, 0.3) is 11.3 Å². The number of nitrogens with zero attached hydrogens (tertiary/aromatic N) is 3. The van der Waals surface area contributed by atoms with E-state index < -0.39 is 5.91 Å². The van der Waals surface area contributed by atoms with E-state index in [9.17, 15) is 4.79 Å². The van der Waals surface area contributed by atoms with Crippen molar-refractivity contribution in [2.45, 2.75) is 6.54 Å². The number of benzene rings is 2. The van der Waals surface area contributed by atoms with Crippen LogP contribution in [0.3, 0.4) is 0 Å². The summed E-state index contributed by atoms with van der Waals surface area (Å²) in [6.07, 6.45) is 0. The summed E-state index contributed by atoms with van der Waals surface area (Å²) in [5.74, 6) is 5.54. The van der Waals surface area contributed by atoms with Gasteiger partial charge in [0.1, 0.15) is 5.69 Å². The number of nitrogens with one attached hydrogen (secondary N) is 1. The average molecular weight is 429 g/mol. The Morgan fingerprint density at radius 3 is 2.28 bits per heavy atom. The van der Waals surface area contributed by atoms with Gasteiger partial charge in [-0.3, -0.25) is 14.9 Å². The maximum atomic E-state index is 11.6. The first-order valence-corrected chi connectivity index (χ1v) is 10.2. The highest BCUT2D eigenvalue weighted by molar-refractivity contribution is 5.92. The first-order chi connectivity index (χ1) is 15.6. The second kappa shape index (κ2) is 10.0. The molecule has 0 bridgehead atoms. The van der Waals surface area contributed by atoms with Crippen molar-refractivity contribution in [1.29, 1.82) is 0 Å². The van der Waals surface area contributed by atoms with Gasteiger partial charge in [-0.1, -0.05) is 36.1 Å². The molecule has 0 unspecified atom stereocenters. The van der Waals surface area contributed by atoms with Crippen LogP contribution >= 0.6 is 0 Å². The lowest BCUT2D eigenvalue weighted by Crippen LogP contribution is -2.35. The second-order valence-electron chi connectivity index (χ2n) is 7.35. The average Bonchev–Trinajstić information content (AvgIpc) is 2.83. The molecule has 0 atom stereocenters. The first-order valence-electron chi connectivity index (χ1n) is 10.2. The van der Waals surface area contributed by atoms with E-state index >= 15 is 0 Å². The van der Waals surface area contributed by atoms with Crippen molar-refractivity contribution >= 4 is 11.9 Å². The Morgan fingerprint density at radius 1 is 1.03 bits per heavy atom. The third kappa shape index (κ3) is 5.47. The number of ether oxygens (including phenoxy) is 1. The summed E-state index contributed by atoms with van der Waals surface area (Å²) in [7, 11) is 0. The molecule has 1 amide bonds. The zero-order chi connectivity index (χ0) is 22.3. The summed E-state index contributed by atoms with van der Waals surface area (Å²) < 4.78 is 5.39. The monoisotopic (exact) mass is 429 g/mol. The van der Waals surface area contributed by atoms with Crippen LogP contribution in [0.15, 0.2) is 54.6 Å². The topological polar surface area (TPSA) is 114 Å². The van der Waals surface area contributed by atoms with Crippen LogP contribution in [0.1, 0.15) is 27.2 Å². The van der Waals surface area contributed by atoms with Gasteiger partial charge >= 0.3 is 0 Å². The molecule has 0 radical (unpaired) electrons. The SMILES string of the molecule is Nc1nc(C(=O)NO)cc(-c2ccc(C#Cc3ccc(CN4CCOCC4)cc3)cc2)n1. The van der Waals surface area contributed by atoms with E-state index in [2.05, 4.69) is 38.8 Å². The zero-order valence-electron chi connectivity index (χ0n) is 17.4. The van der Waals surface area contributed by atoms with Gasteiger partial charge in [0.25, 0.3) is 5.91 Å². The summed E-state index contributed by atoms with van der Waals surface area (Å²) in [5, 5.41) is 8.80. The molecule has 3 aromatic rings. The number of rotatable bonds is 4. The maximum Gasteiger partial charge on any atom is 0.293 e. The van der Waals surface area contributed by atoms with E-state index in [4.69, 9.17) is 15.7 Å². The number of morpholine rings is 1. The fourth-order valence-electron chi connectivity index (χ4n) is 3.37.